The fourth-order valence-corrected chi connectivity index (χ4v) is 2.69. The van der Waals surface area contributed by atoms with E-state index in [-0.39, 0.29) is 24.7 Å². The van der Waals surface area contributed by atoms with Crippen LogP contribution in [0.25, 0.3) is 0 Å². The fourth-order valence-electron chi connectivity index (χ4n) is 2.69. The summed E-state index contributed by atoms with van der Waals surface area (Å²) >= 11 is 0. The van der Waals surface area contributed by atoms with E-state index in [9.17, 15) is 9.90 Å². The van der Waals surface area contributed by atoms with E-state index in [0.29, 0.717) is 6.42 Å². The molecule has 0 spiro atoms. The maximum absolute atomic E-state index is 12.5. The van der Waals surface area contributed by atoms with Crippen LogP contribution in [0, 0.1) is 0 Å². The molecule has 0 heterocycles. The summed E-state index contributed by atoms with van der Waals surface area (Å²) in [4.78, 5) is 12.5. The van der Waals surface area contributed by atoms with Crippen molar-refractivity contribution in [3.63, 3.8) is 0 Å². The number of hydrogen-bond donors (Lipinski definition) is 2. The van der Waals surface area contributed by atoms with Gasteiger partial charge in [0.1, 0.15) is 0 Å². The van der Waals surface area contributed by atoms with Gasteiger partial charge in [-0.1, -0.05) is 50.1 Å². The molecule has 116 valence electrons. The number of carbonyl (C=O) groups excluding carboxylic acids is 1. The van der Waals surface area contributed by atoms with Crippen molar-refractivity contribution in [2.75, 3.05) is 6.61 Å². The maximum Gasteiger partial charge on any atom is 0.254 e. The smallest absolute Gasteiger partial charge is 0.254 e. The highest BCUT2D eigenvalue weighted by Gasteiger charge is 2.28. The first-order valence-electron chi connectivity index (χ1n) is 7.86. The van der Waals surface area contributed by atoms with Crippen molar-refractivity contribution in [3.05, 3.63) is 35.9 Å². The van der Waals surface area contributed by atoms with Gasteiger partial charge in [0.25, 0.3) is 5.91 Å². The molecule has 0 aliphatic heterocycles. The van der Waals surface area contributed by atoms with E-state index in [2.05, 4.69) is 5.32 Å². The Kier molecular flexibility index (Phi) is 6.21. The average Bonchev–Trinajstić information content (AvgIpc) is 3.04. The molecular weight excluding hydrogens is 266 g/mol. The van der Waals surface area contributed by atoms with Gasteiger partial charge in [-0.3, -0.25) is 4.79 Å². The Morgan fingerprint density at radius 2 is 2.00 bits per heavy atom. The summed E-state index contributed by atoms with van der Waals surface area (Å²) in [5.74, 6) is -0.158. The zero-order valence-corrected chi connectivity index (χ0v) is 12.6. The second-order valence-corrected chi connectivity index (χ2v) is 5.63. The monoisotopic (exact) mass is 291 g/mol. The van der Waals surface area contributed by atoms with Crippen molar-refractivity contribution in [2.24, 2.45) is 0 Å². The molecule has 2 unspecified atom stereocenters. The summed E-state index contributed by atoms with van der Waals surface area (Å²) in [5, 5.41) is 12.1. The van der Waals surface area contributed by atoms with Crippen LogP contribution in [0.3, 0.4) is 0 Å². The van der Waals surface area contributed by atoms with Gasteiger partial charge in [-0.2, -0.15) is 0 Å². The van der Waals surface area contributed by atoms with Crippen LogP contribution in [0.15, 0.2) is 30.3 Å². The van der Waals surface area contributed by atoms with E-state index in [1.54, 1.807) is 0 Å². The topological polar surface area (TPSA) is 58.6 Å². The Morgan fingerprint density at radius 1 is 1.33 bits per heavy atom. The van der Waals surface area contributed by atoms with Gasteiger partial charge in [0, 0.05) is 0 Å². The molecule has 1 aliphatic carbocycles. The third-order valence-corrected chi connectivity index (χ3v) is 4.03. The predicted octanol–water partition coefficient (Wildman–Crippen LogP) is 2.57. The van der Waals surface area contributed by atoms with Crippen molar-refractivity contribution in [3.8, 4) is 0 Å². The second-order valence-electron chi connectivity index (χ2n) is 5.63. The van der Waals surface area contributed by atoms with E-state index in [4.69, 9.17) is 4.74 Å². The van der Waals surface area contributed by atoms with Crippen molar-refractivity contribution in [2.45, 2.75) is 57.3 Å². The van der Waals surface area contributed by atoms with Gasteiger partial charge >= 0.3 is 0 Å². The number of amides is 1. The third-order valence-electron chi connectivity index (χ3n) is 4.03. The van der Waals surface area contributed by atoms with Crippen LogP contribution in [0.4, 0.5) is 0 Å². The number of aliphatic hydroxyl groups excluding tert-OH is 1. The van der Waals surface area contributed by atoms with Crippen LogP contribution in [0.5, 0.6) is 0 Å². The summed E-state index contributed by atoms with van der Waals surface area (Å²) in [7, 11) is 0. The zero-order chi connectivity index (χ0) is 15.1. The van der Waals surface area contributed by atoms with Gasteiger partial charge in [-0.25, -0.2) is 0 Å². The van der Waals surface area contributed by atoms with Gasteiger partial charge in [0.15, 0.2) is 6.10 Å². The molecule has 0 radical (unpaired) electrons. The normalized spacial score (nSPS) is 18.4. The zero-order valence-electron chi connectivity index (χ0n) is 12.6. The molecule has 0 saturated heterocycles. The lowest BCUT2D eigenvalue weighted by Crippen LogP contribution is -2.41. The second kappa shape index (κ2) is 8.15. The van der Waals surface area contributed by atoms with Gasteiger partial charge < -0.3 is 15.2 Å². The standard InChI is InChI=1S/C17H25NO3/c1-2-14(12-19)18-17(20)16(13-8-4-3-5-9-13)21-15-10-6-7-11-15/h3-5,8-9,14-16,19H,2,6-7,10-12H2,1H3,(H,18,20). The lowest BCUT2D eigenvalue weighted by Gasteiger charge is -2.24. The first-order valence-corrected chi connectivity index (χ1v) is 7.86. The maximum atomic E-state index is 12.5. The molecular formula is C17H25NO3. The van der Waals surface area contributed by atoms with Crippen molar-refractivity contribution >= 4 is 5.91 Å². The Balaban J connectivity index is 2.08. The molecule has 4 heteroatoms. The number of ether oxygens (including phenoxy) is 1. The molecule has 1 aliphatic rings. The van der Waals surface area contributed by atoms with Crippen LogP contribution in [-0.2, 0) is 9.53 Å². The van der Waals surface area contributed by atoms with Crippen LogP contribution in [0.1, 0.15) is 50.7 Å². The Morgan fingerprint density at radius 3 is 2.57 bits per heavy atom. The molecule has 2 rings (SSSR count). The number of hydrogen-bond acceptors (Lipinski definition) is 3. The fraction of sp³-hybridized carbons (Fsp3) is 0.588. The minimum atomic E-state index is -0.588. The lowest BCUT2D eigenvalue weighted by molar-refractivity contribution is -0.138. The predicted molar refractivity (Wildman–Crippen MR) is 81.8 cm³/mol. The van der Waals surface area contributed by atoms with Crippen molar-refractivity contribution < 1.29 is 14.6 Å². The number of benzene rings is 1. The molecule has 1 amide bonds. The minimum Gasteiger partial charge on any atom is -0.394 e. The van der Waals surface area contributed by atoms with Gasteiger partial charge in [0.05, 0.1) is 18.8 Å². The molecule has 0 aromatic heterocycles. The van der Waals surface area contributed by atoms with E-state index >= 15 is 0 Å². The van der Waals surface area contributed by atoms with Gasteiger partial charge in [0.2, 0.25) is 0 Å². The number of nitrogens with one attached hydrogen (secondary N) is 1. The van der Waals surface area contributed by atoms with Crippen LogP contribution < -0.4 is 5.32 Å². The van der Waals surface area contributed by atoms with E-state index in [1.807, 2.05) is 37.3 Å². The first-order chi connectivity index (χ1) is 10.2. The van der Waals surface area contributed by atoms with E-state index < -0.39 is 6.10 Å². The number of carbonyl (C=O) groups is 1. The molecule has 1 fully saturated rings. The van der Waals surface area contributed by atoms with Gasteiger partial charge in [-0.05, 0) is 24.8 Å². The Labute approximate surface area is 126 Å². The Hall–Kier alpha value is -1.39. The summed E-state index contributed by atoms with van der Waals surface area (Å²) in [6.45, 7) is 1.89. The minimum absolute atomic E-state index is 0.0484. The lowest BCUT2D eigenvalue weighted by atomic mass is 10.1. The summed E-state index contributed by atoms with van der Waals surface area (Å²) in [5.41, 5.74) is 0.870. The van der Waals surface area contributed by atoms with Crippen molar-refractivity contribution in [1.29, 1.82) is 0 Å². The number of rotatable bonds is 7. The largest absolute Gasteiger partial charge is 0.394 e. The summed E-state index contributed by atoms with van der Waals surface area (Å²) in [6, 6.07) is 9.37. The molecule has 1 aromatic rings. The molecule has 2 atom stereocenters. The Bertz CT molecular complexity index is 425. The average molecular weight is 291 g/mol. The van der Waals surface area contributed by atoms with Crippen LogP contribution >= 0.6 is 0 Å². The molecule has 4 nitrogen and oxygen atoms in total. The van der Waals surface area contributed by atoms with Crippen LogP contribution in [-0.4, -0.2) is 29.8 Å². The van der Waals surface area contributed by atoms with Gasteiger partial charge in [-0.15, -0.1) is 0 Å². The highest BCUT2D eigenvalue weighted by Crippen LogP contribution is 2.28. The SMILES string of the molecule is CCC(CO)NC(=O)C(OC1CCCC1)c1ccccc1. The molecule has 2 N–H and O–H groups in total. The summed E-state index contributed by atoms with van der Waals surface area (Å²) in [6.07, 6.45) is 4.66. The highest BCUT2D eigenvalue weighted by atomic mass is 16.5. The quantitative estimate of drug-likeness (QED) is 0.812. The van der Waals surface area contributed by atoms with E-state index in [1.165, 1.54) is 12.8 Å². The molecule has 1 aromatic carbocycles. The molecule has 0 bridgehead atoms. The number of aliphatic hydroxyl groups is 1. The highest BCUT2D eigenvalue weighted by molar-refractivity contribution is 5.82. The third kappa shape index (κ3) is 4.55. The van der Waals surface area contributed by atoms with Crippen LogP contribution in [0.2, 0.25) is 0 Å². The van der Waals surface area contributed by atoms with E-state index in [0.717, 1.165) is 18.4 Å². The summed E-state index contributed by atoms with van der Waals surface area (Å²) < 4.78 is 6.06. The first kappa shape index (κ1) is 16.0. The molecule has 21 heavy (non-hydrogen) atoms. The van der Waals surface area contributed by atoms with Crippen molar-refractivity contribution in [1.82, 2.24) is 5.32 Å². The molecule has 1 saturated carbocycles.